The Bertz CT molecular complexity index is 361. The molecule has 0 radical (unpaired) electrons. The van der Waals surface area contributed by atoms with Crippen molar-refractivity contribution in [3.05, 3.63) is 24.4 Å². The first-order valence-corrected chi connectivity index (χ1v) is 6.87. The molecule has 0 amide bonds. The average molecular weight is 263 g/mol. The highest BCUT2D eigenvalue weighted by Gasteiger charge is 1.95. The Hall–Kier alpha value is -1.78. The average Bonchev–Trinajstić information content (AvgIpc) is 2.41. The molecule has 0 aliphatic carbocycles. The molecule has 0 fully saturated rings. The molecule has 0 aromatic carbocycles. The molecule has 106 valence electrons. The Morgan fingerprint density at radius 1 is 1.32 bits per heavy atom. The molecule has 19 heavy (non-hydrogen) atoms. The van der Waals surface area contributed by atoms with Crippen molar-refractivity contribution in [1.82, 2.24) is 10.3 Å². The minimum absolute atomic E-state index is 0.544. The normalized spacial score (nSPS) is 11.6. The van der Waals surface area contributed by atoms with Gasteiger partial charge in [-0.05, 0) is 30.9 Å². The van der Waals surface area contributed by atoms with Gasteiger partial charge in [0.2, 0.25) is 0 Å². The number of rotatable bonds is 8. The maximum atomic E-state index is 5.74. The molecule has 5 nitrogen and oxygen atoms in total. The number of aromatic nitrogens is 1. The van der Waals surface area contributed by atoms with Crippen LogP contribution in [0.4, 0.5) is 5.82 Å². The largest absolute Gasteiger partial charge is 0.370 e. The van der Waals surface area contributed by atoms with Gasteiger partial charge in [-0.2, -0.15) is 0 Å². The zero-order valence-corrected chi connectivity index (χ0v) is 11.9. The van der Waals surface area contributed by atoms with Crippen molar-refractivity contribution >= 4 is 11.8 Å². The summed E-state index contributed by atoms with van der Waals surface area (Å²) in [6, 6.07) is 5.85. The molecule has 0 spiro atoms. The van der Waals surface area contributed by atoms with Gasteiger partial charge in [-0.3, -0.25) is 4.99 Å². The van der Waals surface area contributed by atoms with Gasteiger partial charge in [0, 0.05) is 25.8 Å². The van der Waals surface area contributed by atoms with E-state index >= 15 is 0 Å². The second kappa shape index (κ2) is 9.19. The molecular weight excluding hydrogens is 238 g/mol. The third-order valence-electron chi connectivity index (χ3n) is 2.51. The maximum absolute atomic E-state index is 5.74. The molecule has 0 bridgehead atoms. The number of nitrogens with zero attached hydrogens (tertiary/aromatic N) is 2. The van der Waals surface area contributed by atoms with Gasteiger partial charge >= 0.3 is 0 Å². The first-order chi connectivity index (χ1) is 9.18. The molecule has 1 heterocycles. The van der Waals surface area contributed by atoms with Crippen molar-refractivity contribution < 1.29 is 0 Å². The summed E-state index contributed by atoms with van der Waals surface area (Å²) in [6.07, 6.45) is 3.91. The lowest BCUT2D eigenvalue weighted by Gasteiger charge is -2.07. The Labute approximate surface area is 115 Å². The Kier molecular flexibility index (Phi) is 7.39. The fourth-order valence-electron chi connectivity index (χ4n) is 1.49. The smallest absolute Gasteiger partial charge is 0.188 e. The summed E-state index contributed by atoms with van der Waals surface area (Å²) < 4.78 is 0. The molecule has 0 atom stereocenters. The van der Waals surface area contributed by atoms with Crippen LogP contribution < -0.4 is 16.4 Å². The third-order valence-corrected chi connectivity index (χ3v) is 2.51. The number of aliphatic imine (C=N–C) groups is 1. The van der Waals surface area contributed by atoms with Crippen molar-refractivity contribution in [1.29, 1.82) is 0 Å². The summed E-state index contributed by atoms with van der Waals surface area (Å²) in [6.45, 7) is 6.80. The minimum atomic E-state index is 0.544. The molecule has 0 saturated carbocycles. The van der Waals surface area contributed by atoms with Gasteiger partial charge in [-0.15, -0.1) is 0 Å². The SMILES string of the molecule is CC(C)CN=C(N)NCCCCNc1ccccn1. The van der Waals surface area contributed by atoms with Crippen LogP contribution in [-0.4, -0.2) is 30.6 Å². The number of guanidine groups is 1. The number of hydrogen-bond donors (Lipinski definition) is 3. The van der Waals surface area contributed by atoms with Crippen LogP contribution in [0.5, 0.6) is 0 Å². The molecule has 0 aliphatic heterocycles. The number of hydrogen-bond acceptors (Lipinski definition) is 3. The zero-order chi connectivity index (χ0) is 13.9. The first-order valence-electron chi connectivity index (χ1n) is 6.87. The van der Waals surface area contributed by atoms with E-state index in [1.165, 1.54) is 0 Å². The van der Waals surface area contributed by atoms with E-state index in [0.29, 0.717) is 11.9 Å². The van der Waals surface area contributed by atoms with Crippen LogP contribution in [0.1, 0.15) is 26.7 Å². The molecule has 1 rings (SSSR count). The first kappa shape index (κ1) is 15.3. The summed E-state index contributed by atoms with van der Waals surface area (Å²) >= 11 is 0. The second-order valence-corrected chi connectivity index (χ2v) is 4.90. The van der Waals surface area contributed by atoms with Gasteiger partial charge in [0.25, 0.3) is 0 Å². The number of pyridine rings is 1. The van der Waals surface area contributed by atoms with E-state index in [2.05, 4.69) is 34.5 Å². The molecule has 0 saturated heterocycles. The quantitative estimate of drug-likeness (QED) is 0.380. The van der Waals surface area contributed by atoms with Crippen molar-refractivity contribution in [3.8, 4) is 0 Å². The number of nitrogens with two attached hydrogens (primary N) is 1. The van der Waals surface area contributed by atoms with Crippen molar-refractivity contribution in [2.75, 3.05) is 25.0 Å². The van der Waals surface area contributed by atoms with Crippen molar-refractivity contribution in [2.45, 2.75) is 26.7 Å². The minimum Gasteiger partial charge on any atom is -0.370 e. The van der Waals surface area contributed by atoms with E-state index in [4.69, 9.17) is 5.73 Å². The molecular formula is C14H25N5. The molecule has 0 unspecified atom stereocenters. The third kappa shape index (κ3) is 8.02. The lowest BCUT2D eigenvalue weighted by molar-refractivity contribution is 0.658. The van der Waals surface area contributed by atoms with Crippen LogP contribution >= 0.6 is 0 Å². The predicted octanol–water partition coefficient (Wildman–Crippen LogP) is 1.83. The van der Waals surface area contributed by atoms with Crippen LogP contribution in [0.3, 0.4) is 0 Å². The van der Waals surface area contributed by atoms with E-state index in [0.717, 1.165) is 38.3 Å². The van der Waals surface area contributed by atoms with Gasteiger partial charge in [0.15, 0.2) is 5.96 Å². The fourth-order valence-corrected chi connectivity index (χ4v) is 1.49. The van der Waals surface area contributed by atoms with Crippen LogP contribution in [0.15, 0.2) is 29.4 Å². The summed E-state index contributed by atoms with van der Waals surface area (Å²) in [4.78, 5) is 8.45. The van der Waals surface area contributed by atoms with Crippen LogP contribution in [0.25, 0.3) is 0 Å². The zero-order valence-electron chi connectivity index (χ0n) is 11.9. The summed E-state index contributed by atoms with van der Waals surface area (Å²) in [5.74, 6) is 2.02. The summed E-state index contributed by atoms with van der Waals surface area (Å²) in [7, 11) is 0. The Morgan fingerprint density at radius 3 is 2.79 bits per heavy atom. The molecule has 1 aromatic rings. The van der Waals surface area contributed by atoms with Gasteiger partial charge in [0.1, 0.15) is 5.82 Å². The van der Waals surface area contributed by atoms with Gasteiger partial charge in [-0.1, -0.05) is 19.9 Å². The lowest BCUT2D eigenvalue weighted by Crippen LogP contribution is -2.33. The highest BCUT2D eigenvalue weighted by atomic mass is 15.1. The highest BCUT2D eigenvalue weighted by Crippen LogP contribution is 2.00. The van der Waals surface area contributed by atoms with E-state index in [-0.39, 0.29) is 0 Å². The van der Waals surface area contributed by atoms with E-state index in [1.54, 1.807) is 6.20 Å². The van der Waals surface area contributed by atoms with Crippen molar-refractivity contribution in [3.63, 3.8) is 0 Å². The predicted molar refractivity (Wildman–Crippen MR) is 81.3 cm³/mol. The topological polar surface area (TPSA) is 75.3 Å². The summed E-state index contributed by atoms with van der Waals surface area (Å²) in [5.41, 5.74) is 5.74. The van der Waals surface area contributed by atoms with Crippen LogP contribution in [0.2, 0.25) is 0 Å². The monoisotopic (exact) mass is 263 g/mol. The van der Waals surface area contributed by atoms with Crippen molar-refractivity contribution in [2.24, 2.45) is 16.6 Å². The lowest BCUT2D eigenvalue weighted by atomic mass is 10.2. The molecule has 0 aliphatic rings. The van der Waals surface area contributed by atoms with E-state index in [1.807, 2.05) is 18.2 Å². The van der Waals surface area contributed by atoms with Crippen LogP contribution in [-0.2, 0) is 0 Å². The number of nitrogens with one attached hydrogen (secondary N) is 2. The van der Waals surface area contributed by atoms with Gasteiger partial charge in [0.05, 0.1) is 0 Å². The summed E-state index contributed by atoms with van der Waals surface area (Å²) in [5, 5.41) is 6.39. The maximum Gasteiger partial charge on any atom is 0.188 e. The standard InChI is InChI=1S/C14H25N5/c1-12(2)11-19-14(15)18-10-6-5-9-17-13-7-3-4-8-16-13/h3-4,7-8,12H,5-6,9-11H2,1-2H3,(H,16,17)(H3,15,18,19). The molecule has 4 N–H and O–H groups in total. The Morgan fingerprint density at radius 2 is 2.11 bits per heavy atom. The Balaban J connectivity index is 2.01. The second-order valence-electron chi connectivity index (χ2n) is 4.90. The highest BCUT2D eigenvalue weighted by molar-refractivity contribution is 5.77. The van der Waals surface area contributed by atoms with E-state index in [9.17, 15) is 0 Å². The van der Waals surface area contributed by atoms with E-state index < -0.39 is 0 Å². The number of anilines is 1. The van der Waals surface area contributed by atoms with Gasteiger partial charge in [-0.25, -0.2) is 4.98 Å². The van der Waals surface area contributed by atoms with Crippen LogP contribution in [0, 0.1) is 5.92 Å². The molecule has 5 heteroatoms. The molecule has 1 aromatic heterocycles. The van der Waals surface area contributed by atoms with Gasteiger partial charge < -0.3 is 16.4 Å². The fraction of sp³-hybridized carbons (Fsp3) is 0.571. The number of unbranched alkanes of at least 4 members (excludes halogenated alkanes) is 1.